The number of methoxy groups -OCH3 is 2. The lowest BCUT2D eigenvalue weighted by Crippen LogP contribution is -2.55. The molecule has 0 spiro atoms. The number of terminal acetylenes is 1. The minimum absolute atomic E-state index is 0.0364. The molecule has 0 N–H and O–H groups in total. The van der Waals surface area contributed by atoms with Crippen LogP contribution in [0.4, 0.5) is 0 Å². The molecule has 0 saturated carbocycles. The summed E-state index contributed by atoms with van der Waals surface area (Å²) in [5.74, 6) is 2.06. The van der Waals surface area contributed by atoms with Crippen LogP contribution in [-0.4, -0.2) is 34.5 Å². The van der Waals surface area contributed by atoms with Crippen LogP contribution in [0.2, 0.25) is 18.1 Å². The largest absolute Gasteiger partial charge is 0.547 e. The van der Waals surface area contributed by atoms with E-state index in [4.69, 9.17) is 20.3 Å². The maximum absolute atomic E-state index is 13.0. The normalized spacial score (nSPS) is 21.0. The molecule has 0 bridgehead atoms. The van der Waals surface area contributed by atoms with Gasteiger partial charge in [0.25, 0.3) is 0 Å². The second-order valence-corrected chi connectivity index (χ2v) is 14.1. The molecule has 1 aliphatic carbocycles. The number of allylic oxidation sites excluding steroid dienone is 2. The van der Waals surface area contributed by atoms with Gasteiger partial charge in [-0.25, -0.2) is 0 Å². The summed E-state index contributed by atoms with van der Waals surface area (Å²) in [6.45, 7) is 14.8. The lowest BCUT2D eigenvalue weighted by molar-refractivity contribution is -0.178. The van der Waals surface area contributed by atoms with Gasteiger partial charge in [-0.15, -0.1) is 12.3 Å². The molecule has 6 heteroatoms. The van der Waals surface area contributed by atoms with Crippen LogP contribution in [0.15, 0.2) is 11.3 Å². The fourth-order valence-electron chi connectivity index (χ4n) is 3.78. The van der Waals surface area contributed by atoms with Gasteiger partial charge in [-0.2, -0.15) is 0 Å². The molecular weight excluding hydrogens is 372 g/mol. The van der Waals surface area contributed by atoms with Crippen molar-refractivity contribution in [3.8, 4) is 12.3 Å². The summed E-state index contributed by atoms with van der Waals surface area (Å²) in [6, 6.07) is 0. The van der Waals surface area contributed by atoms with Gasteiger partial charge in [0.05, 0.1) is 20.0 Å². The highest BCUT2D eigenvalue weighted by molar-refractivity contribution is 6.74. The Labute approximate surface area is 171 Å². The first-order chi connectivity index (χ1) is 12.7. The van der Waals surface area contributed by atoms with E-state index in [1.165, 1.54) is 14.2 Å². The van der Waals surface area contributed by atoms with Crippen LogP contribution < -0.4 is 0 Å². The first-order valence-corrected chi connectivity index (χ1v) is 12.7. The zero-order chi connectivity index (χ0) is 22.0. The smallest absolute Gasteiger partial charge is 0.325 e. The number of carbonyl (C=O) groups excluding carboxylic acids is 2. The minimum Gasteiger partial charge on any atom is -0.547 e. The lowest BCUT2D eigenvalue weighted by Gasteiger charge is -2.48. The standard InChI is InChI=1S/C22H36O5Si/c1-11-14-22(18(23)25-7,19(24)26-8)21(6)15-12-13-17(16(21)2)27-28(9,10)20(3,4)5/h1H,12-15H2,2-10H3. The molecule has 5 nitrogen and oxygen atoms in total. The van der Waals surface area contributed by atoms with E-state index in [1.807, 2.05) is 13.8 Å². The summed E-state index contributed by atoms with van der Waals surface area (Å²) >= 11 is 0. The topological polar surface area (TPSA) is 61.8 Å². The number of carbonyl (C=O) groups is 2. The highest BCUT2D eigenvalue weighted by Gasteiger charge is 2.62. The van der Waals surface area contributed by atoms with E-state index < -0.39 is 31.1 Å². The maximum Gasteiger partial charge on any atom is 0.325 e. The second-order valence-electron chi connectivity index (χ2n) is 9.37. The SMILES string of the molecule is C#CCC(C(=O)OC)(C(=O)OC)C1(C)CCCC(O[Si](C)(C)C(C)(C)C)=C1C. The average molecular weight is 409 g/mol. The van der Waals surface area contributed by atoms with Gasteiger partial charge in [-0.3, -0.25) is 9.59 Å². The predicted octanol–water partition coefficient (Wildman–Crippen LogP) is 4.83. The number of esters is 2. The van der Waals surface area contributed by atoms with Gasteiger partial charge in [0.15, 0.2) is 5.41 Å². The van der Waals surface area contributed by atoms with Crippen molar-refractivity contribution in [1.29, 1.82) is 0 Å². The van der Waals surface area contributed by atoms with Crippen LogP contribution in [0.3, 0.4) is 0 Å². The fourth-order valence-corrected chi connectivity index (χ4v) is 4.96. The van der Waals surface area contributed by atoms with Crippen LogP contribution in [0.1, 0.15) is 60.3 Å². The Morgan fingerprint density at radius 2 is 1.68 bits per heavy atom. The zero-order valence-corrected chi connectivity index (χ0v) is 19.9. The third kappa shape index (κ3) is 3.87. The monoisotopic (exact) mass is 408 g/mol. The molecule has 28 heavy (non-hydrogen) atoms. The highest BCUT2D eigenvalue weighted by atomic mass is 28.4. The molecule has 0 saturated heterocycles. The minimum atomic E-state index is -2.08. The summed E-state index contributed by atoms with van der Waals surface area (Å²) in [7, 11) is 0.469. The third-order valence-electron chi connectivity index (χ3n) is 6.89. The molecule has 0 amide bonds. The van der Waals surface area contributed by atoms with Crippen molar-refractivity contribution in [1.82, 2.24) is 0 Å². The Hall–Kier alpha value is -1.74. The summed E-state index contributed by atoms with van der Waals surface area (Å²) in [4.78, 5) is 25.9. The molecule has 0 aromatic rings. The molecule has 0 radical (unpaired) electrons. The molecule has 0 aromatic carbocycles. The van der Waals surface area contributed by atoms with Gasteiger partial charge >= 0.3 is 11.9 Å². The van der Waals surface area contributed by atoms with Gasteiger partial charge in [-0.05, 0) is 43.5 Å². The van der Waals surface area contributed by atoms with E-state index in [-0.39, 0.29) is 11.5 Å². The van der Waals surface area contributed by atoms with Crippen LogP contribution in [0.5, 0.6) is 0 Å². The predicted molar refractivity (Wildman–Crippen MR) is 113 cm³/mol. The van der Waals surface area contributed by atoms with Crippen LogP contribution in [0, 0.1) is 23.2 Å². The fraction of sp³-hybridized carbons (Fsp3) is 0.727. The Bertz CT molecular complexity index is 677. The van der Waals surface area contributed by atoms with E-state index in [2.05, 4.69) is 39.8 Å². The second kappa shape index (κ2) is 8.32. The first kappa shape index (κ1) is 24.3. The Balaban J connectivity index is 3.67. The molecule has 1 unspecified atom stereocenters. The van der Waals surface area contributed by atoms with Crippen molar-refractivity contribution in [2.24, 2.45) is 10.8 Å². The van der Waals surface area contributed by atoms with E-state index in [0.29, 0.717) is 6.42 Å². The highest BCUT2D eigenvalue weighted by Crippen LogP contribution is 2.56. The molecule has 1 atom stereocenters. The summed E-state index contributed by atoms with van der Waals surface area (Å²) in [5.41, 5.74) is -1.57. The molecule has 158 valence electrons. The maximum atomic E-state index is 13.0. The third-order valence-corrected chi connectivity index (χ3v) is 11.3. The molecule has 0 heterocycles. The van der Waals surface area contributed by atoms with E-state index in [9.17, 15) is 9.59 Å². The van der Waals surface area contributed by atoms with Gasteiger partial charge in [0, 0.05) is 18.3 Å². The van der Waals surface area contributed by atoms with Gasteiger partial charge in [0.1, 0.15) is 0 Å². The van der Waals surface area contributed by atoms with Crippen LogP contribution in [-0.2, 0) is 23.5 Å². The molecule has 1 rings (SSSR count). The molecule has 0 aliphatic heterocycles. The summed E-state index contributed by atoms with van der Waals surface area (Å²) < 4.78 is 16.7. The van der Waals surface area contributed by atoms with Gasteiger partial charge in [-0.1, -0.05) is 27.7 Å². The number of hydrogen-bond acceptors (Lipinski definition) is 5. The number of hydrogen-bond donors (Lipinski definition) is 0. The van der Waals surface area contributed by atoms with E-state index in [0.717, 1.165) is 24.2 Å². The molecular formula is C22H36O5Si. The van der Waals surface area contributed by atoms with E-state index >= 15 is 0 Å². The van der Waals surface area contributed by atoms with Crippen molar-refractivity contribution >= 4 is 20.3 Å². The van der Waals surface area contributed by atoms with E-state index in [1.54, 1.807) is 0 Å². The molecule has 0 aromatic heterocycles. The summed E-state index contributed by atoms with van der Waals surface area (Å²) in [5, 5.41) is 0.0364. The number of ether oxygens (including phenoxy) is 2. The Morgan fingerprint density at radius 3 is 2.07 bits per heavy atom. The molecule has 1 aliphatic rings. The lowest BCUT2D eigenvalue weighted by atomic mass is 9.55. The zero-order valence-electron chi connectivity index (χ0n) is 18.9. The Morgan fingerprint density at radius 1 is 1.18 bits per heavy atom. The molecule has 0 fully saturated rings. The van der Waals surface area contributed by atoms with Crippen molar-refractivity contribution in [2.45, 2.75) is 78.4 Å². The summed E-state index contributed by atoms with van der Waals surface area (Å²) in [6.07, 6.45) is 7.70. The van der Waals surface area contributed by atoms with Crippen molar-refractivity contribution in [2.75, 3.05) is 14.2 Å². The van der Waals surface area contributed by atoms with Crippen LogP contribution >= 0.6 is 0 Å². The first-order valence-electron chi connectivity index (χ1n) is 9.74. The Kier molecular flexibility index (Phi) is 7.22. The number of rotatable bonds is 6. The van der Waals surface area contributed by atoms with Gasteiger partial charge in [0.2, 0.25) is 8.32 Å². The van der Waals surface area contributed by atoms with Crippen molar-refractivity contribution < 1.29 is 23.5 Å². The quantitative estimate of drug-likeness (QED) is 0.273. The van der Waals surface area contributed by atoms with Crippen molar-refractivity contribution in [3.05, 3.63) is 11.3 Å². The van der Waals surface area contributed by atoms with Gasteiger partial charge < -0.3 is 13.9 Å². The van der Waals surface area contributed by atoms with Crippen LogP contribution in [0.25, 0.3) is 0 Å². The van der Waals surface area contributed by atoms with Crippen molar-refractivity contribution in [3.63, 3.8) is 0 Å². The average Bonchev–Trinajstić information content (AvgIpc) is 2.61.